The van der Waals surface area contributed by atoms with Crippen LogP contribution in [0.4, 0.5) is 5.69 Å². The molecule has 0 unspecified atom stereocenters. The van der Waals surface area contributed by atoms with Crippen molar-refractivity contribution in [1.29, 1.82) is 0 Å². The summed E-state index contributed by atoms with van der Waals surface area (Å²) in [5.41, 5.74) is 1.24. The van der Waals surface area contributed by atoms with Crippen LogP contribution in [0.15, 0.2) is 24.3 Å². The molecule has 1 aromatic carbocycles. The first-order valence-electron chi connectivity index (χ1n) is 6.52. The maximum absolute atomic E-state index is 10.7. The summed E-state index contributed by atoms with van der Waals surface area (Å²) in [5, 5.41) is 19.4. The van der Waals surface area contributed by atoms with Gasteiger partial charge in [-0.3, -0.25) is 14.9 Å². The van der Waals surface area contributed by atoms with Gasteiger partial charge < -0.3 is 5.11 Å². The number of benzene rings is 1. The van der Waals surface area contributed by atoms with Crippen LogP contribution in [0.2, 0.25) is 0 Å². The molecule has 1 N–H and O–H groups in total. The van der Waals surface area contributed by atoms with E-state index >= 15 is 0 Å². The third-order valence-electron chi connectivity index (χ3n) is 3.89. The molecule has 5 nitrogen and oxygen atoms in total. The van der Waals surface area contributed by atoms with Crippen molar-refractivity contribution in [3.63, 3.8) is 0 Å². The van der Waals surface area contributed by atoms with Crippen LogP contribution < -0.4 is 0 Å². The highest BCUT2D eigenvalue weighted by Crippen LogP contribution is 2.37. The molecule has 0 radical (unpaired) electrons. The molecule has 1 aromatic rings. The van der Waals surface area contributed by atoms with Gasteiger partial charge in [0.05, 0.1) is 4.92 Å². The Labute approximate surface area is 111 Å². The molecule has 1 fully saturated rings. The Morgan fingerprint density at radius 2 is 1.79 bits per heavy atom. The molecule has 1 aliphatic carbocycles. The molecule has 0 aliphatic heterocycles. The molecule has 0 spiro atoms. The average molecular weight is 263 g/mol. The fraction of sp³-hybridized carbons (Fsp3) is 0.500. The molecule has 1 aliphatic rings. The minimum atomic E-state index is -0.723. The van der Waals surface area contributed by atoms with E-state index in [4.69, 9.17) is 5.11 Å². The third kappa shape index (κ3) is 3.53. The van der Waals surface area contributed by atoms with Crippen molar-refractivity contribution < 1.29 is 14.8 Å². The summed E-state index contributed by atoms with van der Waals surface area (Å²) in [6.07, 6.45) is 4.04. The maximum Gasteiger partial charge on any atom is 0.303 e. The molecule has 0 aromatic heterocycles. The highest BCUT2D eigenvalue weighted by molar-refractivity contribution is 5.67. The maximum atomic E-state index is 10.7. The number of rotatable bonds is 4. The van der Waals surface area contributed by atoms with Gasteiger partial charge in [-0.15, -0.1) is 0 Å². The smallest absolute Gasteiger partial charge is 0.303 e. The van der Waals surface area contributed by atoms with Gasteiger partial charge in [0.1, 0.15) is 0 Å². The van der Waals surface area contributed by atoms with E-state index in [1.807, 2.05) is 12.1 Å². The number of hydrogen-bond donors (Lipinski definition) is 1. The van der Waals surface area contributed by atoms with Crippen LogP contribution in [0.3, 0.4) is 0 Å². The Bertz CT molecular complexity index is 461. The van der Waals surface area contributed by atoms with Crippen molar-refractivity contribution in [3.05, 3.63) is 39.9 Å². The lowest BCUT2D eigenvalue weighted by Crippen LogP contribution is -2.16. The zero-order valence-electron chi connectivity index (χ0n) is 10.6. The predicted molar refractivity (Wildman–Crippen MR) is 70.0 cm³/mol. The highest BCUT2D eigenvalue weighted by atomic mass is 16.6. The van der Waals surface area contributed by atoms with Crippen LogP contribution in [0.5, 0.6) is 0 Å². The van der Waals surface area contributed by atoms with Gasteiger partial charge in [-0.05, 0) is 43.1 Å². The number of hydrogen-bond acceptors (Lipinski definition) is 3. The first-order chi connectivity index (χ1) is 9.06. The minimum absolute atomic E-state index is 0.114. The van der Waals surface area contributed by atoms with Crippen LogP contribution in [0, 0.1) is 16.0 Å². The number of carboxylic acid groups (broad SMARTS) is 1. The Hall–Kier alpha value is -1.91. The van der Waals surface area contributed by atoms with E-state index in [-0.39, 0.29) is 18.0 Å². The average Bonchev–Trinajstić information content (AvgIpc) is 2.39. The van der Waals surface area contributed by atoms with Gasteiger partial charge >= 0.3 is 5.97 Å². The molecule has 0 heterocycles. The Kier molecular flexibility index (Phi) is 4.14. The summed E-state index contributed by atoms with van der Waals surface area (Å²) in [6, 6.07) is 6.72. The van der Waals surface area contributed by atoms with Crippen molar-refractivity contribution in [3.8, 4) is 0 Å². The fourth-order valence-electron chi connectivity index (χ4n) is 2.82. The van der Waals surface area contributed by atoms with Gasteiger partial charge in [-0.25, -0.2) is 0 Å². The summed E-state index contributed by atoms with van der Waals surface area (Å²) in [5.74, 6) is -0.0311. The molecule has 0 amide bonds. The third-order valence-corrected chi connectivity index (χ3v) is 3.89. The minimum Gasteiger partial charge on any atom is -0.481 e. The summed E-state index contributed by atoms with van der Waals surface area (Å²) in [6.45, 7) is 0. The fourth-order valence-corrected chi connectivity index (χ4v) is 2.82. The predicted octanol–water partition coefficient (Wildman–Crippen LogP) is 3.34. The van der Waals surface area contributed by atoms with Gasteiger partial charge in [0.2, 0.25) is 0 Å². The van der Waals surface area contributed by atoms with Crippen molar-refractivity contribution in [2.45, 2.75) is 38.0 Å². The lowest BCUT2D eigenvalue weighted by atomic mass is 9.77. The second-order valence-electron chi connectivity index (χ2n) is 5.16. The van der Waals surface area contributed by atoms with Gasteiger partial charge in [-0.1, -0.05) is 12.1 Å². The van der Waals surface area contributed by atoms with Crippen molar-refractivity contribution in [1.82, 2.24) is 0 Å². The number of carboxylic acids is 1. The summed E-state index contributed by atoms with van der Waals surface area (Å²) in [7, 11) is 0. The van der Waals surface area contributed by atoms with Gasteiger partial charge in [0, 0.05) is 18.6 Å². The summed E-state index contributed by atoms with van der Waals surface area (Å²) >= 11 is 0. The van der Waals surface area contributed by atoms with Crippen LogP contribution in [0.25, 0.3) is 0 Å². The molecule has 1 saturated carbocycles. The van der Waals surface area contributed by atoms with E-state index in [1.54, 1.807) is 12.1 Å². The van der Waals surface area contributed by atoms with E-state index in [0.29, 0.717) is 5.92 Å². The molecular formula is C14H17NO4. The number of nitrogens with zero attached hydrogens (tertiary/aromatic N) is 1. The standard InChI is InChI=1S/C14H17NO4/c16-14(17)9-10-1-3-11(4-2-10)12-5-7-13(8-6-12)15(18)19/h5-8,10-11H,1-4,9H2,(H,16,17)/t10-,11-. The Balaban J connectivity index is 1.94. The van der Waals surface area contributed by atoms with Gasteiger partial charge in [0.25, 0.3) is 5.69 Å². The second-order valence-corrected chi connectivity index (χ2v) is 5.16. The molecule has 19 heavy (non-hydrogen) atoms. The van der Waals surface area contributed by atoms with E-state index in [2.05, 4.69) is 0 Å². The van der Waals surface area contributed by atoms with Crippen LogP contribution >= 0.6 is 0 Å². The molecule has 102 valence electrons. The number of non-ortho nitro benzene ring substituents is 1. The normalized spacial score (nSPS) is 22.9. The monoisotopic (exact) mass is 263 g/mol. The lowest BCUT2D eigenvalue weighted by Gasteiger charge is -2.27. The summed E-state index contributed by atoms with van der Waals surface area (Å²) in [4.78, 5) is 20.8. The number of nitro benzene ring substituents is 1. The van der Waals surface area contributed by atoms with Crippen LogP contribution in [-0.4, -0.2) is 16.0 Å². The zero-order chi connectivity index (χ0) is 13.8. The van der Waals surface area contributed by atoms with Crippen LogP contribution in [0.1, 0.15) is 43.6 Å². The van der Waals surface area contributed by atoms with Gasteiger partial charge in [0.15, 0.2) is 0 Å². The molecule has 0 saturated heterocycles. The largest absolute Gasteiger partial charge is 0.481 e. The molecular weight excluding hydrogens is 246 g/mol. The van der Waals surface area contributed by atoms with Crippen molar-refractivity contribution in [2.75, 3.05) is 0 Å². The molecule has 2 rings (SSSR count). The number of nitro groups is 1. The second kappa shape index (κ2) is 5.82. The molecule has 0 bridgehead atoms. The number of aliphatic carboxylic acids is 1. The van der Waals surface area contributed by atoms with Gasteiger partial charge in [-0.2, -0.15) is 0 Å². The van der Waals surface area contributed by atoms with E-state index in [1.165, 1.54) is 0 Å². The molecule has 5 heteroatoms. The topological polar surface area (TPSA) is 80.4 Å². The lowest BCUT2D eigenvalue weighted by molar-refractivity contribution is -0.384. The first-order valence-corrected chi connectivity index (χ1v) is 6.52. The Morgan fingerprint density at radius 1 is 1.21 bits per heavy atom. The zero-order valence-corrected chi connectivity index (χ0v) is 10.6. The highest BCUT2D eigenvalue weighted by Gasteiger charge is 2.24. The summed E-state index contributed by atoms with van der Waals surface area (Å²) < 4.78 is 0. The van der Waals surface area contributed by atoms with Crippen molar-refractivity contribution >= 4 is 11.7 Å². The Morgan fingerprint density at radius 3 is 2.26 bits per heavy atom. The molecule has 0 atom stereocenters. The van der Waals surface area contributed by atoms with E-state index in [0.717, 1.165) is 31.2 Å². The van der Waals surface area contributed by atoms with E-state index in [9.17, 15) is 14.9 Å². The van der Waals surface area contributed by atoms with E-state index < -0.39 is 10.9 Å². The quantitative estimate of drug-likeness (QED) is 0.667. The van der Waals surface area contributed by atoms with Crippen LogP contribution in [-0.2, 0) is 4.79 Å². The number of carbonyl (C=O) groups is 1. The SMILES string of the molecule is O=C(O)C[C@H]1CC[C@H](c2ccc([N+](=O)[O-])cc2)CC1. The first kappa shape index (κ1) is 13.5. The van der Waals surface area contributed by atoms with Crippen molar-refractivity contribution in [2.24, 2.45) is 5.92 Å².